The molecule has 1 aliphatic heterocycles. The maximum atomic E-state index is 12.0. The number of rotatable bonds is 3. The fourth-order valence-electron chi connectivity index (χ4n) is 1.93. The first kappa shape index (κ1) is 11.2. The van der Waals surface area contributed by atoms with E-state index in [4.69, 9.17) is 4.74 Å². The average molecular weight is 246 g/mol. The van der Waals surface area contributed by atoms with Crippen LogP contribution in [0.5, 0.6) is 0 Å². The van der Waals surface area contributed by atoms with Crippen molar-refractivity contribution in [1.29, 1.82) is 0 Å². The summed E-state index contributed by atoms with van der Waals surface area (Å²) in [6, 6.07) is 5.26. The van der Waals surface area contributed by atoms with Crippen molar-refractivity contribution < 1.29 is 9.53 Å². The quantitative estimate of drug-likeness (QED) is 0.836. The number of benzene rings is 1. The molecular formula is C12H14N4O2. The minimum absolute atomic E-state index is 0.0770. The summed E-state index contributed by atoms with van der Waals surface area (Å²) >= 11 is 0. The number of amides is 1. The standard InChI is InChI=1S/C12H14N4O2/c1-12(6-18-7-12)5-13-11(17)8-2-3-9-10(4-8)15-16-14-9/h2-4H,5-7H2,1H3,(H,13,17)(H,14,15,16). The average Bonchev–Trinajstić information content (AvgIpc) is 2.80. The Morgan fingerprint density at radius 2 is 2.22 bits per heavy atom. The van der Waals surface area contributed by atoms with E-state index in [-0.39, 0.29) is 11.3 Å². The van der Waals surface area contributed by atoms with E-state index < -0.39 is 0 Å². The van der Waals surface area contributed by atoms with Crippen LogP contribution in [-0.4, -0.2) is 41.1 Å². The van der Waals surface area contributed by atoms with Gasteiger partial charge >= 0.3 is 0 Å². The molecule has 1 aliphatic rings. The van der Waals surface area contributed by atoms with Gasteiger partial charge in [0, 0.05) is 17.5 Å². The number of nitrogens with zero attached hydrogens (tertiary/aromatic N) is 2. The molecule has 6 nitrogen and oxygen atoms in total. The van der Waals surface area contributed by atoms with Crippen LogP contribution in [0.15, 0.2) is 18.2 Å². The van der Waals surface area contributed by atoms with Crippen LogP contribution >= 0.6 is 0 Å². The van der Waals surface area contributed by atoms with Gasteiger partial charge in [-0.3, -0.25) is 4.79 Å². The van der Waals surface area contributed by atoms with Crippen molar-refractivity contribution in [1.82, 2.24) is 20.7 Å². The molecule has 6 heteroatoms. The topological polar surface area (TPSA) is 79.9 Å². The summed E-state index contributed by atoms with van der Waals surface area (Å²) in [6.45, 7) is 4.13. The van der Waals surface area contributed by atoms with E-state index in [0.717, 1.165) is 5.52 Å². The third kappa shape index (κ3) is 1.95. The number of hydrogen-bond donors (Lipinski definition) is 2. The Morgan fingerprint density at radius 1 is 1.44 bits per heavy atom. The van der Waals surface area contributed by atoms with Gasteiger partial charge in [-0.1, -0.05) is 6.92 Å². The molecule has 94 valence electrons. The SMILES string of the molecule is CC1(CNC(=O)c2ccc3n[nH]nc3c2)COC1. The lowest BCUT2D eigenvalue weighted by Gasteiger charge is -2.38. The minimum Gasteiger partial charge on any atom is -0.380 e. The van der Waals surface area contributed by atoms with Crippen LogP contribution in [0.25, 0.3) is 11.0 Å². The number of carbonyl (C=O) groups excluding carboxylic acids is 1. The second-order valence-corrected chi connectivity index (χ2v) is 5.01. The molecule has 0 unspecified atom stereocenters. The molecule has 2 heterocycles. The Balaban J connectivity index is 1.71. The zero-order valence-corrected chi connectivity index (χ0v) is 10.1. The number of ether oxygens (including phenoxy) is 1. The summed E-state index contributed by atoms with van der Waals surface area (Å²) in [6.07, 6.45) is 0. The molecule has 1 saturated heterocycles. The highest BCUT2D eigenvalue weighted by atomic mass is 16.5. The third-order valence-corrected chi connectivity index (χ3v) is 3.16. The molecular weight excluding hydrogens is 232 g/mol. The third-order valence-electron chi connectivity index (χ3n) is 3.16. The lowest BCUT2D eigenvalue weighted by Crippen LogP contribution is -2.48. The van der Waals surface area contributed by atoms with Crippen molar-refractivity contribution in [3.05, 3.63) is 23.8 Å². The van der Waals surface area contributed by atoms with Crippen molar-refractivity contribution in [2.24, 2.45) is 5.41 Å². The zero-order chi connectivity index (χ0) is 12.6. The molecule has 18 heavy (non-hydrogen) atoms. The first-order valence-electron chi connectivity index (χ1n) is 5.83. The smallest absolute Gasteiger partial charge is 0.251 e. The second-order valence-electron chi connectivity index (χ2n) is 5.01. The van der Waals surface area contributed by atoms with Gasteiger partial charge in [-0.25, -0.2) is 0 Å². The summed E-state index contributed by atoms with van der Waals surface area (Å²) in [7, 11) is 0. The van der Waals surface area contributed by atoms with Crippen molar-refractivity contribution in [2.75, 3.05) is 19.8 Å². The van der Waals surface area contributed by atoms with E-state index in [2.05, 4.69) is 27.7 Å². The summed E-state index contributed by atoms with van der Waals surface area (Å²) < 4.78 is 5.15. The number of aromatic nitrogens is 3. The molecule has 2 N–H and O–H groups in total. The van der Waals surface area contributed by atoms with E-state index in [1.807, 2.05) is 0 Å². The summed E-state index contributed by atoms with van der Waals surface area (Å²) in [4.78, 5) is 12.0. The predicted molar refractivity (Wildman–Crippen MR) is 65.1 cm³/mol. The monoisotopic (exact) mass is 246 g/mol. The van der Waals surface area contributed by atoms with Crippen molar-refractivity contribution in [3.8, 4) is 0 Å². The number of fused-ring (bicyclic) bond motifs is 1. The summed E-state index contributed by atoms with van der Waals surface area (Å²) in [5.74, 6) is -0.0898. The molecule has 0 spiro atoms. The minimum atomic E-state index is -0.0898. The van der Waals surface area contributed by atoms with Crippen molar-refractivity contribution in [2.45, 2.75) is 6.92 Å². The molecule has 0 bridgehead atoms. The highest BCUT2D eigenvalue weighted by Crippen LogP contribution is 2.25. The Morgan fingerprint density at radius 3 is 2.94 bits per heavy atom. The van der Waals surface area contributed by atoms with Crippen LogP contribution in [0, 0.1) is 5.41 Å². The van der Waals surface area contributed by atoms with Crippen LogP contribution in [0.2, 0.25) is 0 Å². The van der Waals surface area contributed by atoms with E-state index in [0.29, 0.717) is 30.8 Å². The molecule has 1 aromatic carbocycles. The Bertz CT molecular complexity index is 589. The Labute approximate surface area is 104 Å². The lowest BCUT2D eigenvalue weighted by atomic mass is 9.88. The number of hydrogen-bond acceptors (Lipinski definition) is 4. The highest BCUT2D eigenvalue weighted by molar-refractivity contribution is 5.97. The molecule has 1 fully saturated rings. The van der Waals surface area contributed by atoms with Gasteiger partial charge in [0.25, 0.3) is 5.91 Å². The first-order valence-corrected chi connectivity index (χ1v) is 5.83. The van der Waals surface area contributed by atoms with Crippen LogP contribution < -0.4 is 5.32 Å². The van der Waals surface area contributed by atoms with Gasteiger partial charge in [-0.15, -0.1) is 0 Å². The number of aromatic amines is 1. The molecule has 2 aromatic rings. The second kappa shape index (κ2) is 4.06. The van der Waals surface area contributed by atoms with E-state index >= 15 is 0 Å². The van der Waals surface area contributed by atoms with Crippen LogP contribution in [0.4, 0.5) is 0 Å². The summed E-state index contributed by atoms with van der Waals surface area (Å²) in [5.41, 5.74) is 2.13. The number of carbonyl (C=O) groups is 1. The Kier molecular flexibility index (Phi) is 2.52. The van der Waals surface area contributed by atoms with Gasteiger partial charge in [0.1, 0.15) is 11.0 Å². The van der Waals surface area contributed by atoms with Gasteiger partial charge in [-0.2, -0.15) is 15.4 Å². The van der Waals surface area contributed by atoms with E-state index in [1.54, 1.807) is 18.2 Å². The fraction of sp³-hybridized carbons (Fsp3) is 0.417. The van der Waals surface area contributed by atoms with Crippen molar-refractivity contribution in [3.63, 3.8) is 0 Å². The van der Waals surface area contributed by atoms with E-state index in [1.165, 1.54) is 0 Å². The van der Waals surface area contributed by atoms with Gasteiger partial charge < -0.3 is 10.1 Å². The Hall–Kier alpha value is -1.95. The van der Waals surface area contributed by atoms with Gasteiger partial charge in [0.05, 0.1) is 13.2 Å². The van der Waals surface area contributed by atoms with E-state index in [9.17, 15) is 4.79 Å². The van der Waals surface area contributed by atoms with Crippen molar-refractivity contribution >= 4 is 16.9 Å². The summed E-state index contributed by atoms with van der Waals surface area (Å²) in [5, 5.41) is 13.4. The maximum absolute atomic E-state index is 12.0. The molecule has 0 radical (unpaired) electrons. The molecule has 0 aliphatic carbocycles. The normalized spacial score (nSPS) is 17.4. The largest absolute Gasteiger partial charge is 0.380 e. The van der Waals surface area contributed by atoms with Crippen LogP contribution in [0.1, 0.15) is 17.3 Å². The van der Waals surface area contributed by atoms with Crippen LogP contribution in [0.3, 0.4) is 0 Å². The number of nitrogens with one attached hydrogen (secondary N) is 2. The lowest BCUT2D eigenvalue weighted by molar-refractivity contribution is -0.0978. The molecule has 0 saturated carbocycles. The molecule has 1 amide bonds. The van der Waals surface area contributed by atoms with Gasteiger partial charge in [-0.05, 0) is 18.2 Å². The number of H-pyrrole nitrogens is 1. The fourth-order valence-corrected chi connectivity index (χ4v) is 1.93. The molecule has 1 aromatic heterocycles. The molecule has 0 atom stereocenters. The maximum Gasteiger partial charge on any atom is 0.251 e. The van der Waals surface area contributed by atoms with Gasteiger partial charge in [0.2, 0.25) is 0 Å². The highest BCUT2D eigenvalue weighted by Gasteiger charge is 2.33. The zero-order valence-electron chi connectivity index (χ0n) is 10.1. The first-order chi connectivity index (χ1) is 8.66. The molecule has 3 rings (SSSR count). The van der Waals surface area contributed by atoms with Gasteiger partial charge in [0.15, 0.2) is 0 Å². The van der Waals surface area contributed by atoms with Crippen LogP contribution in [-0.2, 0) is 4.74 Å². The predicted octanol–water partition coefficient (Wildman–Crippen LogP) is 0.724.